The van der Waals surface area contributed by atoms with Gasteiger partial charge in [0, 0.05) is 24.8 Å². The molecule has 0 fully saturated rings. The Morgan fingerprint density at radius 3 is 1.93 bits per heavy atom. The monoisotopic (exact) mass is 408 g/mol. The van der Waals surface area contributed by atoms with E-state index >= 15 is 8.63 Å². The van der Waals surface area contributed by atoms with Crippen LogP contribution in [0.1, 0.15) is 76.5 Å². The topological polar surface area (TPSA) is 7.94 Å². The van der Waals surface area contributed by atoms with Gasteiger partial charge >= 0.3 is 6.97 Å². The van der Waals surface area contributed by atoms with Gasteiger partial charge in [-0.25, -0.2) is 0 Å². The largest absolute Gasteiger partial charge is 0.737 e. The molecule has 2 nitrogen and oxygen atoms in total. The first kappa shape index (κ1) is 20.8. The molecule has 3 heterocycles. The van der Waals surface area contributed by atoms with Gasteiger partial charge < -0.3 is 17.6 Å². The van der Waals surface area contributed by atoms with Gasteiger partial charge in [-0.05, 0) is 52.3 Å². The third-order valence-corrected chi connectivity index (χ3v) is 6.33. The summed E-state index contributed by atoms with van der Waals surface area (Å²) in [5, 5.41) is 0. The van der Waals surface area contributed by atoms with Crippen molar-refractivity contribution in [2.75, 3.05) is 0 Å². The van der Waals surface area contributed by atoms with E-state index in [1.165, 1.54) is 20.1 Å². The van der Waals surface area contributed by atoms with Crippen LogP contribution in [0.25, 0.3) is 5.57 Å². The SMILES string of the molecule is CC1=[N+]2C(=C(c3cc(C(C)(C)C)cc(C(C)(C)C)c3)c3ccc(C)n3[B-]2(F)F)C=C1. The molecular formula is C25H31BF2N2. The standard InChI is InChI=1S/C25H31BF2N2/c1-16-9-11-21-23(22-12-10-17(2)30(22)26(27,28)29(16)21)18-13-19(24(3,4)5)15-20(14-18)25(6,7)8/h9-15H,1-8H3. The van der Waals surface area contributed by atoms with Crippen molar-refractivity contribution in [3.05, 3.63) is 76.3 Å². The molecule has 0 aliphatic carbocycles. The number of hydrogen-bond acceptors (Lipinski definition) is 0. The first-order chi connectivity index (χ1) is 13.7. The molecule has 30 heavy (non-hydrogen) atoms. The van der Waals surface area contributed by atoms with Gasteiger partial charge in [-0.1, -0.05) is 59.7 Å². The molecule has 0 spiro atoms. The average molecular weight is 408 g/mol. The Morgan fingerprint density at radius 2 is 1.40 bits per heavy atom. The maximum Gasteiger partial charge on any atom is 0.737 e. The van der Waals surface area contributed by atoms with Crippen molar-refractivity contribution in [3.8, 4) is 0 Å². The molecule has 0 amide bonds. The zero-order valence-electron chi connectivity index (χ0n) is 19.3. The van der Waals surface area contributed by atoms with E-state index in [2.05, 4.69) is 59.7 Å². The van der Waals surface area contributed by atoms with Crippen molar-refractivity contribution in [2.24, 2.45) is 0 Å². The summed E-state index contributed by atoms with van der Waals surface area (Å²) >= 11 is 0. The number of fused-ring (bicyclic) bond motifs is 2. The van der Waals surface area contributed by atoms with Crippen LogP contribution in [0.2, 0.25) is 0 Å². The molecule has 0 radical (unpaired) electrons. The molecule has 0 bridgehead atoms. The highest BCUT2D eigenvalue weighted by molar-refractivity contribution is 6.58. The van der Waals surface area contributed by atoms with Gasteiger partial charge in [-0.2, -0.15) is 0 Å². The smallest absolute Gasteiger partial charge is 0.393 e. The zero-order valence-corrected chi connectivity index (χ0v) is 19.3. The van der Waals surface area contributed by atoms with E-state index in [1.54, 1.807) is 26.0 Å². The fourth-order valence-corrected chi connectivity index (χ4v) is 4.51. The summed E-state index contributed by atoms with van der Waals surface area (Å²) in [6.45, 7) is 12.8. The average Bonchev–Trinajstić information content (AvgIpc) is 3.18. The summed E-state index contributed by atoms with van der Waals surface area (Å²) in [6, 6.07) is 10.3. The summed E-state index contributed by atoms with van der Waals surface area (Å²) in [4.78, 5) is 0. The quantitative estimate of drug-likeness (QED) is 0.481. The lowest BCUT2D eigenvalue weighted by atomic mass is 9.77. The van der Waals surface area contributed by atoms with Crippen molar-refractivity contribution in [1.29, 1.82) is 0 Å². The van der Waals surface area contributed by atoms with Gasteiger partial charge in [0.25, 0.3) is 0 Å². The lowest BCUT2D eigenvalue weighted by molar-refractivity contribution is -0.362. The van der Waals surface area contributed by atoms with Gasteiger partial charge in [0.2, 0.25) is 0 Å². The third-order valence-electron chi connectivity index (χ3n) is 6.33. The van der Waals surface area contributed by atoms with Gasteiger partial charge in [0.05, 0.1) is 5.57 Å². The Balaban J connectivity index is 2.10. The van der Waals surface area contributed by atoms with E-state index in [-0.39, 0.29) is 10.8 Å². The molecule has 0 atom stereocenters. The minimum atomic E-state index is -3.92. The fraction of sp³-hybridized carbons (Fsp3) is 0.400. The van der Waals surface area contributed by atoms with Gasteiger partial charge in [0.1, 0.15) is 5.71 Å². The Morgan fingerprint density at radius 1 is 0.833 bits per heavy atom. The van der Waals surface area contributed by atoms with Crippen LogP contribution in [0.4, 0.5) is 8.63 Å². The van der Waals surface area contributed by atoms with E-state index in [0.717, 1.165) is 11.1 Å². The van der Waals surface area contributed by atoms with E-state index in [4.69, 9.17) is 0 Å². The summed E-state index contributed by atoms with van der Waals surface area (Å²) in [7, 11) is 0. The van der Waals surface area contributed by atoms with Crippen LogP contribution in [0.5, 0.6) is 0 Å². The highest BCUT2D eigenvalue weighted by Gasteiger charge is 2.53. The second-order valence-electron chi connectivity index (χ2n) is 10.7. The molecule has 0 saturated heterocycles. The number of halogens is 2. The number of rotatable bonds is 1. The first-order valence-corrected chi connectivity index (χ1v) is 10.7. The lowest BCUT2D eigenvalue weighted by Crippen LogP contribution is -2.51. The molecule has 4 rings (SSSR count). The van der Waals surface area contributed by atoms with Crippen molar-refractivity contribution < 1.29 is 13.1 Å². The van der Waals surface area contributed by atoms with Crippen LogP contribution in [0.15, 0.2) is 48.2 Å². The molecule has 0 N–H and O–H groups in total. The summed E-state index contributed by atoms with van der Waals surface area (Å²) < 4.78 is 33.6. The molecule has 5 heteroatoms. The van der Waals surface area contributed by atoms with Crippen LogP contribution < -0.4 is 0 Å². The Labute approximate surface area is 178 Å². The van der Waals surface area contributed by atoms with E-state index in [0.29, 0.717) is 22.8 Å². The van der Waals surface area contributed by atoms with Crippen LogP contribution in [-0.2, 0) is 10.8 Å². The number of aryl methyl sites for hydroxylation is 1. The number of benzene rings is 1. The van der Waals surface area contributed by atoms with E-state index < -0.39 is 6.97 Å². The molecule has 2 aliphatic rings. The third kappa shape index (κ3) is 3.01. The molecular weight excluding hydrogens is 377 g/mol. The zero-order chi connectivity index (χ0) is 22.2. The lowest BCUT2D eigenvalue weighted by Gasteiger charge is -2.34. The molecule has 0 unspecified atom stereocenters. The van der Waals surface area contributed by atoms with Gasteiger partial charge in [0.15, 0.2) is 5.70 Å². The van der Waals surface area contributed by atoms with Crippen molar-refractivity contribution >= 4 is 18.3 Å². The van der Waals surface area contributed by atoms with Crippen LogP contribution in [-0.4, -0.2) is 21.6 Å². The second kappa shape index (κ2) is 6.29. The van der Waals surface area contributed by atoms with Crippen LogP contribution >= 0.6 is 0 Å². The second-order valence-corrected chi connectivity index (χ2v) is 10.7. The van der Waals surface area contributed by atoms with Crippen molar-refractivity contribution in [2.45, 2.75) is 66.2 Å². The Hall–Kier alpha value is -2.43. The summed E-state index contributed by atoms with van der Waals surface area (Å²) in [5.74, 6) is 0. The van der Waals surface area contributed by atoms with Crippen molar-refractivity contribution in [3.63, 3.8) is 0 Å². The molecule has 2 aliphatic heterocycles. The summed E-state index contributed by atoms with van der Waals surface area (Å²) in [5.41, 5.74) is 6.54. The fourth-order valence-electron chi connectivity index (χ4n) is 4.51. The molecule has 158 valence electrons. The van der Waals surface area contributed by atoms with Gasteiger partial charge in [-0.15, -0.1) is 0 Å². The molecule has 0 saturated carbocycles. The van der Waals surface area contributed by atoms with Gasteiger partial charge in [-0.3, -0.25) is 0 Å². The number of hydrogen-bond donors (Lipinski definition) is 0. The van der Waals surface area contributed by atoms with E-state index in [9.17, 15) is 0 Å². The van der Waals surface area contributed by atoms with Crippen LogP contribution in [0, 0.1) is 6.92 Å². The summed E-state index contributed by atoms with van der Waals surface area (Å²) in [6.07, 6.45) is 3.64. The first-order valence-electron chi connectivity index (χ1n) is 10.7. The highest BCUT2D eigenvalue weighted by Crippen LogP contribution is 2.42. The molecule has 1 aromatic carbocycles. The van der Waals surface area contributed by atoms with E-state index in [1.807, 2.05) is 12.1 Å². The maximum absolute atomic E-state index is 15.6. The Kier molecular flexibility index (Phi) is 4.37. The minimum absolute atomic E-state index is 0.0467. The molecule has 1 aromatic heterocycles. The highest BCUT2D eigenvalue weighted by atomic mass is 19.2. The maximum atomic E-state index is 15.6. The minimum Gasteiger partial charge on any atom is -0.393 e. The van der Waals surface area contributed by atoms with Crippen LogP contribution in [0.3, 0.4) is 0 Å². The van der Waals surface area contributed by atoms with Crippen molar-refractivity contribution in [1.82, 2.24) is 4.48 Å². The number of nitrogens with zero attached hydrogens (tertiary/aromatic N) is 2. The number of allylic oxidation sites excluding steroid dienone is 2. The predicted molar refractivity (Wildman–Crippen MR) is 122 cm³/mol. The number of aromatic nitrogens is 1. The molecule has 2 aromatic rings. The Bertz CT molecular complexity index is 1120. The normalized spacial score (nSPS) is 18.2. The predicted octanol–water partition coefficient (Wildman–Crippen LogP) is 6.43.